The molecule has 0 aliphatic heterocycles. The highest BCUT2D eigenvalue weighted by molar-refractivity contribution is 7.10. The molecule has 0 fully saturated rings. The number of thiophene rings is 1. The quantitative estimate of drug-likeness (QED) is 0.563. The van der Waals surface area contributed by atoms with Gasteiger partial charge in [0.25, 0.3) is 11.8 Å². The summed E-state index contributed by atoms with van der Waals surface area (Å²) in [6, 6.07) is 16.9. The summed E-state index contributed by atoms with van der Waals surface area (Å²) in [6.07, 6.45) is 0. The molecule has 5 nitrogen and oxygen atoms in total. The zero-order chi connectivity index (χ0) is 17.9. The first-order valence-corrected chi connectivity index (χ1v) is 9.40. The minimum Gasteiger partial charge on any atom is -0.466 e. The third kappa shape index (κ3) is 3.47. The standard InChI is InChI=1S/C20H19N3O2S/c1-13-11-16(14(2)24-13)20-23-22-18(25-20)12-21-19(17-9-6-10-26-17)15-7-4-3-5-8-15/h3-11,19,21H,12H2,1-2H3/p+1/t19-/m1/s1. The molecular weight excluding hydrogens is 346 g/mol. The van der Waals surface area contributed by atoms with Gasteiger partial charge in [0.05, 0.1) is 10.4 Å². The van der Waals surface area contributed by atoms with Crippen LogP contribution >= 0.6 is 11.3 Å². The Balaban J connectivity index is 1.53. The fourth-order valence-corrected chi connectivity index (χ4v) is 3.90. The number of aromatic nitrogens is 2. The number of rotatable bonds is 6. The van der Waals surface area contributed by atoms with Crippen LogP contribution in [0.15, 0.2) is 62.7 Å². The summed E-state index contributed by atoms with van der Waals surface area (Å²) in [4.78, 5) is 1.30. The van der Waals surface area contributed by atoms with Gasteiger partial charge in [-0.1, -0.05) is 36.4 Å². The van der Waals surface area contributed by atoms with Crippen LogP contribution in [-0.2, 0) is 6.54 Å². The van der Waals surface area contributed by atoms with E-state index in [4.69, 9.17) is 8.83 Å². The van der Waals surface area contributed by atoms with E-state index >= 15 is 0 Å². The van der Waals surface area contributed by atoms with Gasteiger partial charge in [-0.05, 0) is 31.4 Å². The average Bonchev–Trinajstić information content (AvgIpc) is 3.38. The smallest absolute Gasteiger partial charge is 0.271 e. The molecule has 0 unspecified atom stereocenters. The Labute approximate surface area is 155 Å². The maximum atomic E-state index is 5.86. The summed E-state index contributed by atoms with van der Waals surface area (Å²) >= 11 is 1.76. The lowest BCUT2D eigenvalue weighted by atomic mass is 10.1. The maximum Gasteiger partial charge on any atom is 0.271 e. The van der Waals surface area contributed by atoms with Gasteiger partial charge in [0, 0.05) is 5.56 Å². The van der Waals surface area contributed by atoms with E-state index in [1.54, 1.807) is 11.3 Å². The van der Waals surface area contributed by atoms with Crippen LogP contribution < -0.4 is 5.32 Å². The van der Waals surface area contributed by atoms with E-state index in [1.807, 2.05) is 26.0 Å². The lowest BCUT2D eigenvalue weighted by Crippen LogP contribution is -2.83. The SMILES string of the molecule is Cc1cc(-c2nnc(C[NH2+][C@H](c3ccccc3)c3cccs3)o2)c(C)o1. The third-order valence-electron chi connectivity index (χ3n) is 4.27. The van der Waals surface area contributed by atoms with Crippen molar-refractivity contribution >= 4 is 11.3 Å². The number of benzene rings is 1. The Morgan fingerprint density at radius 1 is 1.04 bits per heavy atom. The largest absolute Gasteiger partial charge is 0.466 e. The van der Waals surface area contributed by atoms with E-state index in [1.165, 1.54) is 10.4 Å². The molecule has 0 radical (unpaired) electrons. The second kappa shape index (κ2) is 7.27. The minimum absolute atomic E-state index is 0.212. The van der Waals surface area contributed by atoms with Gasteiger partial charge in [-0.3, -0.25) is 0 Å². The Bertz CT molecular complexity index is 974. The van der Waals surface area contributed by atoms with Crippen molar-refractivity contribution in [1.29, 1.82) is 0 Å². The van der Waals surface area contributed by atoms with Crippen molar-refractivity contribution in [3.63, 3.8) is 0 Å². The molecular formula is C20H20N3O2S+. The van der Waals surface area contributed by atoms with Crippen LogP contribution in [0.1, 0.15) is 33.9 Å². The molecule has 1 atom stereocenters. The van der Waals surface area contributed by atoms with Crippen LogP contribution in [0.5, 0.6) is 0 Å². The van der Waals surface area contributed by atoms with Gasteiger partial charge in [0.15, 0.2) is 6.54 Å². The van der Waals surface area contributed by atoms with Gasteiger partial charge in [-0.25, -0.2) is 0 Å². The molecule has 1 aromatic carbocycles. The number of nitrogens with zero attached hydrogens (tertiary/aromatic N) is 2. The van der Waals surface area contributed by atoms with E-state index in [2.05, 4.69) is 57.3 Å². The van der Waals surface area contributed by atoms with Crippen molar-refractivity contribution in [2.45, 2.75) is 26.4 Å². The summed E-state index contributed by atoms with van der Waals surface area (Å²) in [5.74, 6) is 2.75. The highest BCUT2D eigenvalue weighted by atomic mass is 32.1. The number of hydrogen-bond acceptors (Lipinski definition) is 5. The Morgan fingerprint density at radius 3 is 2.58 bits per heavy atom. The van der Waals surface area contributed by atoms with Crippen LogP contribution in [-0.4, -0.2) is 10.2 Å². The second-order valence-electron chi connectivity index (χ2n) is 6.17. The number of hydrogen-bond donors (Lipinski definition) is 1. The molecule has 3 aromatic heterocycles. The molecule has 3 heterocycles. The van der Waals surface area contributed by atoms with Crippen molar-refractivity contribution in [1.82, 2.24) is 10.2 Å². The molecule has 26 heavy (non-hydrogen) atoms. The molecule has 0 saturated heterocycles. The van der Waals surface area contributed by atoms with Crippen LogP contribution in [0.25, 0.3) is 11.5 Å². The summed E-state index contributed by atoms with van der Waals surface area (Å²) in [6.45, 7) is 4.42. The second-order valence-corrected chi connectivity index (χ2v) is 7.15. The predicted octanol–water partition coefficient (Wildman–Crippen LogP) is 3.86. The van der Waals surface area contributed by atoms with E-state index in [0.29, 0.717) is 18.3 Å². The molecule has 132 valence electrons. The van der Waals surface area contributed by atoms with Crippen molar-refractivity contribution in [3.05, 3.63) is 81.8 Å². The van der Waals surface area contributed by atoms with E-state index in [-0.39, 0.29) is 6.04 Å². The van der Waals surface area contributed by atoms with Crippen LogP contribution in [0.4, 0.5) is 0 Å². The summed E-state index contributed by atoms with van der Waals surface area (Å²) in [7, 11) is 0. The molecule has 0 saturated carbocycles. The number of aryl methyl sites for hydroxylation is 2. The van der Waals surface area contributed by atoms with E-state index in [9.17, 15) is 0 Å². The normalized spacial score (nSPS) is 12.4. The molecule has 4 aromatic rings. The Kier molecular flexibility index (Phi) is 4.69. The third-order valence-corrected chi connectivity index (χ3v) is 5.23. The molecule has 0 spiro atoms. The monoisotopic (exact) mass is 366 g/mol. The van der Waals surface area contributed by atoms with E-state index in [0.717, 1.165) is 17.1 Å². The maximum absolute atomic E-state index is 5.86. The highest BCUT2D eigenvalue weighted by Gasteiger charge is 2.21. The summed E-state index contributed by atoms with van der Waals surface area (Å²) in [5, 5.41) is 12.7. The first-order chi connectivity index (χ1) is 12.7. The first-order valence-electron chi connectivity index (χ1n) is 8.52. The average molecular weight is 366 g/mol. The Morgan fingerprint density at radius 2 is 1.88 bits per heavy atom. The highest BCUT2D eigenvalue weighted by Crippen LogP contribution is 2.26. The van der Waals surface area contributed by atoms with Crippen molar-refractivity contribution in [2.24, 2.45) is 0 Å². The van der Waals surface area contributed by atoms with Gasteiger partial charge in [-0.2, -0.15) is 0 Å². The fourth-order valence-electron chi connectivity index (χ4n) is 3.05. The molecule has 6 heteroatoms. The van der Waals surface area contributed by atoms with Gasteiger partial charge in [0.1, 0.15) is 17.6 Å². The molecule has 0 aliphatic rings. The number of quaternary nitrogens is 1. The van der Waals surface area contributed by atoms with Crippen LogP contribution in [0.2, 0.25) is 0 Å². The van der Waals surface area contributed by atoms with Gasteiger partial charge >= 0.3 is 0 Å². The summed E-state index contributed by atoms with van der Waals surface area (Å²) in [5.41, 5.74) is 2.12. The zero-order valence-electron chi connectivity index (χ0n) is 14.7. The van der Waals surface area contributed by atoms with Crippen molar-refractivity contribution in [2.75, 3.05) is 0 Å². The zero-order valence-corrected chi connectivity index (χ0v) is 15.5. The lowest BCUT2D eigenvalue weighted by molar-refractivity contribution is -0.703. The first kappa shape index (κ1) is 16.8. The molecule has 2 N–H and O–H groups in total. The number of nitrogens with two attached hydrogens (primary N) is 1. The predicted molar refractivity (Wildman–Crippen MR) is 99.7 cm³/mol. The Hall–Kier alpha value is -2.70. The summed E-state index contributed by atoms with van der Waals surface area (Å²) < 4.78 is 11.4. The van der Waals surface area contributed by atoms with Crippen molar-refractivity contribution < 1.29 is 14.2 Å². The molecule has 0 bridgehead atoms. The van der Waals surface area contributed by atoms with Gasteiger partial charge < -0.3 is 14.2 Å². The van der Waals surface area contributed by atoms with Gasteiger partial charge in [0.2, 0.25) is 0 Å². The molecule has 0 aliphatic carbocycles. The van der Waals surface area contributed by atoms with Crippen molar-refractivity contribution in [3.8, 4) is 11.5 Å². The number of furan rings is 1. The topological polar surface area (TPSA) is 68.7 Å². The fraction of sp³-hybridized carbons (Fsp3) is 0.200. The van der Waals surface area contributed by atoms with E-state index < -0.39 is 0 Å². The lowest BCUT2D eigenvalue weighted by Gasteiger charge is -2.13. The molecule has 4 rings (SSSR count). The minimum atomic E-state index is 0.212. The van der Waals surface area contributed by atoms with Crippen LogP contribution in [0, 0.1) is 13.8 Å². The molecule has 0 amide bonds. The van der Waals surface area contributed by atoms with Gasteiger partial charge in [-0.15, -0.1) is 21.5 Å². The van der Waals surface area contributed by atoms with Crippen LogP contribution in [0.3, 0.4) is 0 Å².